The van der Waals surface area contributed by atoms with Crippen LogP contribution in [0.4, 0.5) is 5.69 Å². The summed E-state index contributed by atoms with van der Waals surface area (Å²) >= 11 is 0. The largest absolute Gasteiger partial charge is 0.341 e. The van der Waals surface area contributed by atoms with Crippen LogP contribution in [-0.4, -0.2) is 59.6 Å². The number of carbonyl (C=O) groups is 3. The molecule has 26 heavy (non-hydrogen) atoms. The van der Waals surface area contributed by atoms with Gasteiger partial charge in [-0.1, -0.05) is 18.6 Å². The first-order valence-electron chi connectivity index (χ1n) is 9.48. The summed E-state index contributed by atoms with van der Waals surface area (Å²) in [6.07, 6.45) is 5.01. The van der Waals surface area contributed by atoms with Crippen molar-refractivity contribution in [3.8, 4) is 0 Å². The van der Waals surface area contributed by atoms with Crippen LogP contribution >= 0.6 is 0 Å². The highest BCUT2D eigenvalue weighted by Crippen LogP contribution is 2.21. The van der Waals surface area contributed by atoms with Gasteiger partial charge in [-0.05, 0) is 51.3 Å². The maximum absolute atomic E-state index is 12.8. The lowest BCUT2D eigenvalue weighted by Crippen LogP contribution is -2.52. The molecule has 2 aliphatic heterocycles. The van der Waals surface area contributed by atoms with Crippen molar-refractivity contribution < 1.29 is 14.4 Å². The number of carbonyl (C=O) groups excluding carboxylic acids is 3. The van der Waals surface area contributed by atoms with Gasteiger partial charge in [0, 0.05) is 24.3 Å². The van der Waals surface area contributed by atoms with E-state index in [2.05, 4.69) is 5.32 Å². The molecule has 0 spiro atoms. The summed E-state index contributed by atoms with van der Waals surface area (Å²) in [5.74, 6) is -0.00574. The number of hydrogen-bond acceptors (Lipinski definition) is 4. The number of anilines is 1. The van der Waals surface area contributed by atoms with Crippen LogP contribution in [0.25, 0.3) is 0 Å². The van der Waals surface area contributed by atoms with E-state index in [0.29, 0.717) is 11.3 Å². The Morgan fingerprint density at radius 2 is 1.81 bits per heavy atom. The lowest BCUT2D eigenvalue weighted by atomic mass is 10.0. The number of nitrogens with zero attached hydrogens (tertiary/aromatic N) is 2. The number of piperidine rings is 1. The third-order valence-corrected chi connectivity index (χ3v) is 5.22. The number of hydrogen-bond donors (Lipinski definition) is 1. The third-order valence-electron chi connectivity index (χ3n) is 5.22. The molecule has 2 saturated heterocycles. The zero-order valence-corrected chi connectivity index (χ0v) is 15.4. The first kappa shape index (κ1) is 18.6. The molecule has 0 bridgehead atoms. The van der Waals surface area contributed by atoms with Crippen molar-refractivity contribution in [1.82, 2.24) is 9.80 Å². The maximum atomic E-state index is 12.8. The van der Waals surface area contributed by atoms with Crippen LogP contribution < -0.4 is 5.32 Å². The molecule has 140 valence electrons. The molecule has 0 aromatic heterocycles. The minimum Gasteiger partial charge on any atom is -0.341 e. The average molecular weight is 357 g/mol. The van der Waals surface area contributed by atoms with Gasteiger partial charge in [0.05, 0.1) is 12.6 Å². The van der Waals surface area contributed by atoms with Gasteiger partial charge >= 0.3 is 0 Å². The molecule has 6 heteroatoms. The second-order valence-electron chi connectivity index (χ2n) is 7.20. The van der Waals surface area contributed by atoms with Crippen LogP contribution in [0.5, 0.6) is 0 Å². The van der Waals surface area contributed by atoms with Crippen molar-refractivity contribution in [3.05, 3.63) is 29.8 Å². The van der Waals surface area contributed by atoms with E-state index >= 15 is 0 Å². The molecule has 0 radical (unpaired) electrons. The molecule has 6 nitrogen and oxygen atoms in total. The van der Waals surface area contributed by atoms with Gasteiger partial charge in [0.1, 0.15) is 0 Å². The highest BCUT2D eigenvalue weighted by Gasteiger charge is 2.33. The lowest BCUT2D eigenvalue weighted by Gasteiger charge is -2.36. The van der Waals surface area contributed by atoms with Gasteiger partial charge in [0.2, 0.25) is 11.8 Å². The van der Waals surface area contributed by atoms with E-state index in [1.165, 1.54) is 6.92 Å². The Morgan fingerprint density at radius 3 is 2.54 bits per heavy atom. The highest BCUT2D eigenvalue weighted by molar-refractivity contribution is 5.97. The molecule has 0 aliphatic carbocycles. The summed E-state index contributed by atoms with van der Waals surface area (Å²) in [6.45, 7) is 4.16. The molecule has 0 unspecified atom stereocenters. The summed E-state index contributed by atoms with van der Waals surface area (Å²) < 4.78 is 0. The van der Waals surface area contributed by atoms with Gasteiger partial charge in [-0.15, -0.1) is 0 Å². The summed E-state index contributed by atoms with van der Waals surface area (Å²) in [5, 5.41) is 2.86. The molecular weight excluding hydrogens is 330 g/mol. The summed E-state index contributed by atoms with van der Waals surface area (Å²) in [6, 6.07) is 6.76. The average Bonchev–Trinajstić information content (AvgIpc) is 3.16. The molecule has 2 fully saturated rings. The predicted octanol–water partition coefficient (Wildman–Crippen LogP) is 2.30. The summed E-state index contributed by atoms with van der Waals surface area (Å²) in [4.78, 5) is 40.7. The molecule has 3 rings (SSSR count). The lowest BCUT2D eigenvalue weighted by molar-refractivity contribution is -0.137. The maximum Gasteiger partial charge on any atom is 0.239 e. The SMILES string of the molecule is CC(=O)c1cccc(NC(=O)CN2CCCC[C@H]2C(=O)N2CCCC2)c1. The van der Waals surface area contributed by atoms with Crippen LogP contribution in [0.2, 0.25) is 0 Å². The number of benzene rings is 1. The van der Waals surface area contributed by atoms with Crippen LogP contribution in [0.15, 0.2) is 24.3 Å². The summed E-state index contributed by atoms with van der Waals surface area (Å²) in [7, 11) is 0. The van der Waals surface area contributed by atoms with Gasteiger partial charge in [0.25, 0.3) is 0 Å². The van der Waals surface area contributed by atoms with E-state index in [-0.39, 0.29) is 30.2 Å². The molecule has 1 aromatic carbocycles. The van der Waals surface area contributed by atoms with Crippen molar-refractivity contribution >= 4 is 23.3 Å². The molecule has 0 saturated carbocycles. The van der Waals surface area contributed by atoms with Crippen molar-refractivity contribution in [2.45, 2.75) is 45.1 Å². The minimum absolute atomic E-state index is 0.0339. The van der Waals surface area contributed by atoms with Crippen LogP contribution in [0.3, 0.4) is 0 Å². The van der Waals surface area contributed by atoms with E-state index < -0.39 is 0 Å². The predicted molar refractivity (Wildman–Crippen MR) is 100 cm³/mol. The highest BCUT2D eigenvalue weighted by atomic mass is 16.2. The van der Waals surface area contributed by atoms with Crippen molar-refractivity contribution in [2.75, 3.05) is 31.5 Å². The Kier molecular flexibility index (Phi) is 6.04. The Hall–Kier alpha value is -2.21. The van der Waals surface area contributed by atoms with E-state index in [1.807, 2.05) is 9.80 Å². The molecule has 1 atom stereocenters. The monoisotopic (exact) mass is 357 g/mol. The van der Waals surface area contributed by atoms with Gasteiger partial charge in [-0.2, -0.15) is 0 Å². The smallest absolute Gasteiger partial charge is 0.239 e. The van der Waals surface area contributed by atoms with E-state index in [1.54, 1.807) is 24.3 Å². The fraction of sp³-hybridized carbons (Fsp3) is 0.550. The molecule has 2 aliphatic rings. The standard InChI is InChI=1S/C20H27N3O3/c1-15(24)16-7-6-8-17(13-16)21-19(25)14-23-12-3-2-9-18(23)20(26)22-10-4-5-11-22/h6-8,13,18H,2-5,9-12,14H2,1H3,(H,21,25)/t18-/m0/s1. The molecular formula is C20H27N3O3. The molecule has 2 amide bonds. The quantitative estimate of drug-likeness (QED) is 0.821. The number of rotatable bonds is 5. The van der Waals surface area contributed by atoms with Gasteiger partial charge in [0.15, 0.2) is 5.78 Å². The fourth-order valence-electron chi connectivity index (χ4n) is 3.81. The Balaban J connectivity index is 1.62. The first-order valence-corrected chi connectivity index (χ1v) is 9.48. The Morgan fingerprint density at radius 1 is 1.08 bits per heavy atom. The van der Waals surface area contributed by atoms with Crippen LogP contribution in [0.1, 0.15) is 49.4 Å². The number of likely N-dealkylation sites (tertiary alicyclic amines) is 2. The van der Waals surface area contributed by atoms with Gasteiger partial charge < -0.3 is 10.2 Å². The first-order chi connectivity index (χ1) is 12.5. The Labute approximate surface area is 154 Å². The van der Waals surface area contributed by atoms with Crippen molar-refractivity contribution in [2.24, 2.45) is 0 Å². The van der Waals surface area contributed by atoms with Gasteiger partial charge in [-0.25, -0.2) is 0 Å². The topological polar surface area (TPSA) is 69.7 Å². The van der Waals surface area contributed by atoms with E-state index in [4.69, 9.17) is 0 Å². The Bertz CT molecular complexity index is 683. The number of amides is 2. The van der Waals surface area contributed by atoms with E-state index in [9.17, 15) is 14.4 Å². The second-order valence-corrected chi connectivity index (χ2v) is 7.20. The number of Topliss-reactive ketones (excluding diaryl/α,β-unsaturated/α-hetero) is 1. The fourth-order valence-corrected chi connectivity index (χ4v) is 3.81. The minimum atomic E-state index is -0.184. The third kappa shape index (κ3) is 4.49. The zero-order valence-electron chi connectivity index (χ0n) is 15.4. The molecule has 1 N–H and O–H groups in total. The van der Waals surface area contributed by atoms with Crippen molar-refractivity contribution in [3.63, 3.8) is 0 Å². The summed E-state index contributed by atoms with van der Waals surface area (Å²) in [5.41, 5.74) is 1.19. The van der Waals surface area contributed by atoms with Crippen molar-refractivity contribution in [1.29, 1.82) is 0 Å². The van der Waals surface area contributed by atoms with E-state index in [0.717, 1.165) is 51.7 Å². The second kappa shape index (κ2) is 8.45. The molecule has 2 heterocycles. The number of nitrogens with one attached hydrogen (secondary N) is 1. The zero-order chi connectivity index (χ0) is 18.5. The van der Waals surface area contributed by atoms with Crippen LogP contribution in [-0.2, 0) is 9.59 Å². The molecule has 1 aromatic rings. The number of ketones is 1. The van der Waals surface area contributed by atoms with Gasteiger partial charge in [-0.3, -0.25) is 19.3 Å². The van der Waals surface area contributed by atoms with Crippen LogP contribution in [0, 0.1) is 0 Å². The normalized spacial score (nSPS) is 20.8.